The van der Waals surface area contributed by atoms with Crippen LogP contribution >= 0.6 is 0 Å². The molecular formula is C25H25FN2O3. The number of benzene rings is 3. The van der Waals surface area contributed by atoms with Gasteiger partial charge in [0.1, 0.15) is 18.2 Å². The van der Waals surface area contributed by atoms with Crippen molar-refractivity contribution in [1.29, 1.82) is 0 Å². The van der Waals surface area contributed by atoms with Crippen molar-refractivity contribution in [1.82, 2.24) is 10.6 Å². The van der Waals surface area contributed by atoms with Crippen LogP contribution < -0.4 is 15.4 Å². The van der Waals surface area contributed by atoms with E-state index in [2.05, 4.69) is 10.6 Å². The molecule has 0 saturated carbocycles. The number of hydrogen-bond acceptors (Lipinski definition) is 3. The highest BCUT2D eigenvalue weighted by molar-refractivity contribution is 5.94. The third kappa shape index (κ3) is 7.59. The summed E-state index contributed by atoms with van der Waals surface area (Å²) in [6.45, 7) is 1.31. The van der Waals surface area contributed by atoms with Crippen LogP contribution in [0.15, 0.2) is 78.9 Å². The first-order valence-corrected chi connectivity index (χ1v) is 10.2. The quantitative estimate of drug-likeness (QED) is 0.483. The largest absolute Gasteiger partial charge is 0.489 e. The van der Waals surface area contributed by atoms with Crippen LogP contribution in [0.5, 0.6) is 5.75 Å². The van der Waals surface area contributed by atoms with Gasteiger partial charge in [-0.1, -0.05) is 42.5 Å². The lowest BCUT2D eigenvalue weighted by Crippen LogP contribution is -2.27. The van der Waals surface area contributed by atoms with Crippen molar-refractivity contribution in [2.75, 3.05) is 6.54 Å². The van der Waals surface area contributed by atoms with Gasteiger partial charge in [0.25, 0.3) is 5.91 Å². The Bertz CT molecular complexity index is 974. The Morgan fingerprint density at radius 3 is 2.19 bits per heavy atom. The maximum absolute atomic E-state index is 12.9. The van der Waals surface area contributed by atoms with Gasteiger partial charge in [-0.25, -0.2) is 4.39 Å². The molecule has 0 atom stereocenters. The fraction of sp³-hybridized carbons (Fsp3) is 0.200. The molecule has 0 heterocycles. The van der Waals surface area contributed by atoms with Crippen molar-refractivity contribution < 1.29 is 18.7 Å². The lowest BCUT2D eigenvalue weighted by molar-refractivity contribution is -0.121. The second-order valence-electron chi connectivity index (χ2n) is 7.06. The van der Waals surface area contributed by atoms with Crippen molar-refractivity contribution in [3.05, 3.63) is 101 Å². The second kappa shape index (κ2) is 11.5. The summed E-state index contributed by atoms with van der Waals surface area (Å²) in [5.74, 6) is 0.0836. The number of hydrogen-bond donors (Lipinski definition) is 2. The first-order valence-electron chi connectivity index (χ1n) is 10.2. The number of para-hydroxylation sites is 1. The van der Waals surface area contributed by atoms with Crippen molar-refractivity contribution in [2.45, 2.75) is 26.0 Å². The molecule has 3 aromatic carbocycles. The van der Waals surface area contributed by atoms with E-state index in [0.29, 0.717) is 38.1 Å². The normalized spacial score (nSPS) is 10.4. The molecule has 31 heavy (non-hydrogen) atoms. The molecule has 0 spiro atoms. The summed E-state index contributed by atoms with van der Waals surface area (Å²) in [6, 6.07) is 22.9. The first-order chi connectivity index (χ1) is 15.1. The topological polar surface area (TPSA) is 67.4 Å². The van der Waals surface area contributed by atoms with E-state index in [4.69, 9.17) is 4.74 Å². The van der Waals surface area contributed by atoms with Crippen LogP contribution in [0.4, 0.5) is 4.39 Å². The van der Waals surface area contributed by atoms with Gasteiger partial charge in [-0.15, -0.1) is 0 Å². The molecule has 0 fully saturated rings. The highest BCUT2D eigenvalue weighted by Crippen LogP contribution is 2.12. The molecule has 0 aliphatic heterocycles. The first kappa shape index (κ1) is 22.0. The van der Waals surface area contributed by atoms with E-state index < -0.39 is 0 Å². The van der Waals surface area contributed by atoms with E-state index in [1.54, 1.807) is 0 Å². The van der Waals surface area contributed by atoms with E-state index in [9.17, 15) is 14.0 Å². The van der Waals surface area contributed by atoms with Gasteiger partial charge in [0.05, 0.1) is 0 Å². The smallest absolute Gasteiger partial charge is 0.251 e. The van der Waals surface area contributed by atoms with Crippen molar-refractivity contribution in [2.24, 2.45) is 0 Å². The molecule has 3 aromatic rings. The Morgan fingerprint density at radius 1 is 0.806 bits per heavy atom. The molecule has 5 nitrogen and oxygen atoms in total. The summed E-state index contributed by atoms with van der Waals surface area (Å²) in [5.41, 5.74) is 2.45. The maximum atomic E-state index is 12.9. The predicted molar refractivity (Wildman–Crippen MR) is 117 cm³/mol. The fourth-order valence-electron chi connectivity index (χ4n) is 2.88. The minimum absolute atomic E-state index is 0.0764. The third-order valence-electron chi connectivity index (χ3n) is 4.63. The summed E-state index contributed by atoms with van der Waals surface area (Å²) in [5, 5.41) is 5.60. The van der Waals surface area contributed by atoms with Crippen LogP contribution in [-0.2, 0) is 17.9 Å². The number of carbonyl (C=O) groups excluding carboxylic acids is 2. The van der Waals surface area contributed by atoms with E-state index in [1.807, 2.05) is 54.6 Å². The molecule has 160 valence electrons. The number of amides is 2. The average molecular weight is 420 g/mol. The standard InChI is InChI=1S/C25H25FN2O3/c26-22-14-12-21(13-15-22)25(30)27-16-4-7-24(29)28-17-19-8-10-20(11-9-19)18-31-23-5-2-1-3-6-23/h1-3,5-6,8-15H,4,7,16-18H2,(H,27,30)(H,28,29). The van der Waals surface area contributed by atoms with Crippen molar-refractivity contribution in [3.8, 4) is 5.75 Å². The van der Waals surface area contributed by atoms with Gasteiger partial charge in [0, 0.05) is 25.1 Å². The van der Waals surface area contributed by atoms with Gasteiger partial charge in [-0.3, -0.25) is 9.59 Å². The summed E-state index contributed by atoms with van der Waals surface area (Å²) in [4.78, 5) is 23.9. The summed E-state index contributed by atoms with van der Waals surface area (Å²) in [6.07, 6.45) is 0.835. The van der Waals surface area contributed by atoms with Crippen LogP contribution in [0.3, 0.4) is 0 Å². The second-order valence-corrected chi connectivity index (χ2v) is 7.06. The maximum Gasteiger partial charge on any atom is 0.251 e. The summed E-state index contributed by atoms with van der Waals surface area (Å²) in [7, 11) is 0. The van der Waals surface area contributed by atoms with E-state index in [1.165, 1.54) is 24.3 Å². The van der Waals surface area contributed by atoms with Crippen LogP contribution in [-0.4, -0.2) is 18.4 Å². The van der Waals surface area contributed by atoms with Crippen LogP contribution in [0, 0.1) is 5.82 Å². The monoisotopic (exact) mass is 420 g/mol. The molecule has 0 aliphatic rings. The lowest BCUT2D eigenvalue weighted by atomic mass is 10.1. The predicted octanol–water partition coefficient (Wildman–Crippen LogP) is 4.23. The van der Waals surface area contributed by atoms with Gasteiger partial charge in [0.2, 0.25) is 5.91 Å². The van der Waals surface area contributed by atoms with Crippen LogP contribution in [0.25, 0.3) is 0 Å². The van der Waals surface area contributed by atoms with Gasteiger partial charge in [-0.2, -0.15) is 0 Å². The molecule has 2 N–H and O–H groups in total. The minimum Gasteiger partial charge on any atom is -0.489 e. The molecule has 0 aromatic heterocycles. The highest BCUT2D eigenvalue weighted by Gasteiger charge is 2.06. The zero-order valence-corrected chi connectivity index (χ0v) is 17.1. The Balaban J connectivity index is 1.31. The zero-order chi connectivity index (χ0) is 21.9. The highest BCUT2D eigenvalue weighted by atomic mass is 19.1. The average Bonchev–Trinajstić information content (AvgIpc) is 2.81. The Morgan fingerprint density at radius 2 is 1.48 bits per heavy atom. The molecular weight excluding hydrogens is 395 g/mol. The third-order valence-corrected chi connectivity index (χ3v) is 4.63. The SMILES string of the molecule is O=C(CCCNC(=O)c1ccc(F)cc1)NCc1ccc(COc2ccccc2)cc1. The van der Waals surface area contributed by atoms with Gasteiger partial charge >= 0.3 is 0 Å². The number of ether oxygens (including phenoxy) is 1. The molecule has 0 radical (unpaired) electrons. The Labute approximate surface area is 181 Å². The summed E-state index contributed by atoms with van der Waals surface area (Å²) < 4.78 is 18.6. The molecule has 6 heteroatoms. The number of halogens is 1. The fourth-order valence-corrected chi connectivity index (χ4v) is 2.88. The molecule has 3 rings (SSSR count). The van der Waals surface area contributed by atoms with E-state index >= 15 is 0 Å². The molecule has 0 unspecified atom stereocenters. The van der Waals surface area contributed by atoms with Gasteiger partial charge < -0.3 is 15.4 Å². The number of nitrogens with one attached hydrogen (secondary N) is 2. The minimum atomic E-state index is -0.386. The Hall–Kier alpha value is -3.67. The van der Waals surface area contributed by atoms with E-state index in [-0.39, 0.29) is 17.6 Å². The molecule has 0 saturated heterocycles. The van der Waals surface area contributed by atoms with Gasteiger partial charge in [0.15, 0.2) is 0 Å². The van der Waals surface area contributed by atoms with Crippen molar-refractivity contribution in [3.63, 3.8) is 0 Å². The lowest BCUT2D eigenvalue weighted by Gasteiger charge is -2.09. The van der Waals surface area contributed by atoms with E-state index in [0.717, 1.165) is 16.9 Å². The van der Waals surface area contributed by atoms with Crippen molar-refractivity contribution >= 4 is 11.8 Å². The number of rotatable bonds is 10. The van der Waals surface area contributed by atoms with Crippen LogP contribution in [0.2, 0.25) is 0 Å². The molecule has 0 bridgehead atoms. The summed E-state index contributed by atoms with van der Waals surface area (Å²) >= 11 is 0. The molecule has 0 aliphatic carbocycles. The number of carbonyl (C=O) groups is 2. The Kier molecular flexibility index (Phi) is 8.17. The molecule has 2 amide bonds. The zero-order valence-electron chi connectivity index (χ0n) is 17.1. The van der Waals surface area contributed by atoms with Gasteiger partial charge in [-0.05, 0) is 53.9 Å². The van der Waals surface area contributed by atoms with Crippen LogP contribution in [0.1, 0.15) is 34.3 Å².